The minimum absolute atomic E-state index is 0.589. The fraction of sp³-hybridized carbons (Fsp3) is 0.357. The van der Waals surface area contributed by atoms with Crippen molar-refractivity contribution in [2.75, 3.05) is 0 Å². The zero-order valence-electron chi connectivity index (χ0n) is 11.1. The van der Waals surface area contributed by atoms with Crippen LogP contribution in [-0.2, 0) is 6.18 Å². The van der Waals surface area contributed by atoms with Crippen LogP contribution < -0.4 is 0 Å². The lowest BCUT2D eigenvalue weighted by molar-refractivity contribution is -0.137. The average Bonchev–Trinajstić information content (AvgIpc) is 2.87. The molecule has 0 radical (unpaired) electrons. The van der Waals surface area contributed by atoms with Crippen molar-refractivity contribution in [3.63, 3.8) is 0 Å². The molecule has 0 spiro atoms. The van der Waals surface area contributed by atoms with E-state index in [4.69, 9.17) is 0 Å². The molecule has 1 heterocycles. The second kappa shape index (κ2) is 5.28. The number of aliphatic hydroxyl groups excluding tert-OH is 1. The summed E-state index contributed by atoms with van der Waals surface area (Å²) >= 11 is 0. The van der Waals surface area contributed by atoms with E-state index in [9.17, 15) is 18.3 Å². The number of rotatable bonds is 3. The Kier molecular flexibility index (Phi) is 3.85. The summed E-state index contributed by atoms with van der Waals surface area (Å²) in [7, 11) is 0. The van der Waals surface area contributed by atoms with Gasteiger partial charge in [-0.05, 0) is 19.4 Å². The van der Waals surface area contributed by atoms with E-state index in [1.807, 2.05) is 19.1 Å². The molecule has 0 aliphatic heterocycles. The first-order valence-corrected chi connectivity index (χ1v) is 6.15. The first kappa shape index (κ1) is 14.6. The second-order valence-electron chi connectivity index (χ2n) is 4.80. The van der Waals surface area contributed by atoms with Gasteiger partial charge in [0.1, 0.15) is 6.10 Å². The summed E-state index contributed by atoms with van der Waals surface area (Å²) in [5.74, 6) is 0. The normalized spacial score (nSPS) is 15.1. The van der Waals surface area contributed by atoms with Crippen LogP contribution in [0.2, 0.25) is 0 Å². The Morgan fingerprint density at radius 1 is 1.20 bits per heavy atom. The molecule has 0 saturated carbocycles. The number of aryl methyl sites for hydroxylation is 1. The van der Waals surface area contributed by atoms with Crippen molar-refractivity contribution in [1.29, 1.82) is 0 Å². The lowest BCUT2D eigenvalue weighted by atomic mass is 10.0. The van der Waals surface area contributed by atoms with Crippen molar-refractivity contribution >= 4 is 0 Å². The third kappa shape index (κ3) is 3.01. The molecule has 0 saturated heterocycles. The van der Waals surface area contributed by atoms with Crippen molar-refractivity contribution in [2.45, 2.75) is 32.2 Å². The van der Waals surface area contributed by atoms with Crippen molar-refractivity contribution in [3.05, 3.63) is 53.3 Å². The third-order valence-corrected chi connectivity index (χ3v) is 3.22. The average molecular weight is 284 g/mol. The molecule has 1 aromatic heterocycles. The molecule has 0 aliphatic carbocycles. The Morgan fingerprint density at radius 2 is 1.80 bits per heavy atom. The van der Waals surface area contributed by atoms with E-state index < -0.39 is 23.9 Å². The number of alkyl halides is 3. The first-order valence-electron chi connectivity index (χ1n) is 6.15. The van der Waals surface area contributed by atoms with Crippen LogP contribution in [0.1, 0.15) is 35.8 Å². The highest BCUT2D eigenvalue weighted by molar-refractivity contribution is 5.24. The summed E-state index contributed by atoms with van der Waals surface area (Å²) in [5, 5.41) is 13.9. The van der Waals surface area contributed by atoms with E-state index in [-0.39, 0.29) is 0 Å². The van der Waals surface area contributed by atoms with Crippen molar-refractivity contribution < 1.29 is 18.3 Å². The summed E-state index contributed by atoms with van der Waals surface area (Å²) in [6.45, 7) is 3.54. The predicted molar refractivity (Wildman–Crippen MR) is 68.1 cm³/mol. The maximum Gasteiger partial charge on any atom is 0.419 e. The minimum Gasteiger partial charge on any atom is -0.386 e. The van der Waals surface area contributed by atoms with Crippen LogP contribution in [0.15, 0.2) is 36.7 Å². The van der Waals surface area contributed by atoms with E-state index in [2.05, 4.69) is 5.10 Å². The Balaban J connectivity index is 2.20. The van der Waals surface area contributed by atoms with Crippen LogP contribution >= 0.6 is 0 Å². The van der Waals surface area contributed by atoms with Gasteiger partial charge in [-0.25, -0.2) is 0 Å². The first-order chi connectivity index (χ1) is 9.29. The molecule has 1 N–H and O–H groups in total. The van der Waals surface area contributed by atoms with E-state index in [1.54, 1.807) is 19.1 Å². The molecule has 0 fully saturated rings. The molecule has 108 valence electrons. The molecule has 0 amide bonds. The standard InChI is InChI=1S/C14H15F3N2O/c1-9-3-5-11(6-4-9)13(20)10(2)19-8-12(7-18-19)14(15,16)17/h3-8,10,13,20H,1-2H3. The second-order valence-corrected chi connectivity index (χ2v) is 4.80. The summed E-state index contributed by atoms with van der Waals surface area (Å²) in [6.07, 6.45) is -3.68. The number of aromatic nitrogens is 2. The molecule has 2 unspecified atom stereocenters. The summed E-state index contributed by atoms with van der Waals surface area (Å²) < 4.78 is 38.7. The number of hydrogen-bond acceptors (Lipinski definition) is 2. The topological polar surface area (TPSA) is 38.0 Å². The highest BCUT2D eigenvalue weighted by Gasteiger charge is 2.33. The van der Waals surface area contributed by atoms with Gasteiger partial charge in [-0.3, -0.25) is 4.68 Å². The van der Waals surface area contributed by atoms with E-state index >= 15 is 0 Å². The van der Waals surface area contributed by atoms with Gasteiger partial charge in [0, 0.05) is 6.20 Å². The fourth-order valence-corrected chi connectivity index (χ4v) is 1.89. The summed E-state index contributed by atoms with van der Waals surface area (Å²) in [6, 6.07) is 6.61. The van der Waals surface area contributed by atoms with E-state index in [0.717, 1.165) is 22.6 Å². The largest absolute Gasteiger partial charge is 0.419 e. The molecule has 0 bridgehead atoms. The summed E-state index contributed by atoms with van der Waals surface area (Å²) in [5.41, 5.74) is 0.875. The minimum atomic E-state index is -4.42. The molecule has 20 heavy (non-hydrogen) atoms. The van der Waals surface area contributed by atoms with Gasteiger partial charge < -0.3 is 5.11 Å². The van der Waals surface area contributed by atoms with Crippen LogP contribution in [0.25, 0.3) is 0 Å². The Hall–Kier alpha value is -1.82. The number of halogens is 3. The maximum atomic E-state index is 12.5. The molecular weight excluding hydrogens is 269 g/mol. The highest BCUT2D eigenvalue weighted by atomic mass is 19.4. The maximum absolute atomic E-state index is 12.5. The number of aliphatic hydroxyl groups is 1. The van der Waals surface area contributed by atoms with Gasteiger partial charge in [0.15, 0.2) is 0 Å². The third-order valence-electron chi connectivity index (χ3n) is 3.22. The van der Waals surface area contributed by atoms with Crippen LogP contribution in [0.4, 0.5) is 13.2 Å². The summed E-state index contributed by atoms with van der Waals surface area (Å²) in [4.78, 5) is 0. The quantitative estimate of drug-likeness (QED) is 0.936. The van der Waals surface area contributed by atoms with E-state index in [0.29, 0.717) is 5.56 Å². The SMILES string of the molecule is Cc1ccc(C(O)C(C)n2cc(C(F)(F)F)cn2)cc1. The lowest BCUT2D eigenvalue weighted by Crippen LogP contribution is -2.15. The fourth-order valence-electron chi connectivity index (χ4n) is 1.89. The van der Waals surface area contributed by atoms with Gasteiger partial charge in [0.05, 0.1) is 17.8 Å². The lowest BCUT2D eigenvalue weighted by Gasteiger charge is -2.20. The monoisotopic (exact) mass is 284 g/mol. The molecular formula is C14H15F3N2O. The van der Waals surface area contributed by atoms with Gasteiger partial charge in [-0.15, -0.1) is 0 Å². The van der Waals surface area contributed by atoms with E-state index in [1.165, 1.54) is 0 Å². The Bertz CT molecular complexity index is 575. The van der Waals surface area contributed by atoms with Crippen LogP contribution in [-0.4, -0.2) is 14.9 Å². The zero-order valence-corrected chi connectivity index (χ0v) is 11.1. The van der Waals surface area contributed by atoms with Crippen LogP contribution in [0.5, 0.6) is 0 Å². The van der Waals surface area contributed by atoms with Gasteiger partial charge in [-0.1, -0.05) is 29.8 Å². The predicted octanol–water partition coefficient (Wildman–Crippen LogP) is 3.50. The molecule has 2 atom stereocenters. The number of hydrogen-bond donors (Lipinski definition) is 1. The molecule has 0 aliphatic rings. The van der Waals surface area contributed by atoms with Crippen molar-refractivity contribution in [3.8, 4) is 0 Å². The Labute approximate surface area is 114 Å². The van der Waals surface area contributed by atoms with Crippen molar-refractivity contribution in [1.82, 2.24) is 9.78 Å². The van der Waals surface area contributed by atoms with Gasteiger partial charge in [0.2, 0.25) is 0 Å². The number of benzene rings is 1. The van der Waals surface area contributed by atoms with Crippen LogP contribution in [0, 0.1) is 6.92 Å². The van der Waals surface area contributed by atoms with Gasteiger partial charge >= 0.3 is 6.18 Å². The van der Waals surface area contributed by atoms with Crippen LogP contribution in [0.3, 0.4) is 0 Å². The highest BCUT2D eigenvalue weighted by Crippen LogP contribution is 2.31. The smallest absolute Gasteiger partial charge is 0.386 e. The molecule has 3 nitrogen and oxygen atoms in total. The van der Waals surface area contributed by atoms with Gasteiger partial charge in [0.25, 0.3) is 0 Å². The molecule has 2 rings (SSSR count). The van der Waals surface area contributed by atoms with Crippen molar-refractivity contribution in [2.24, 2.45) is 0 Å². The Morgan fingerprint density at radius 3 is 2.30 bits per heavy atom. The molecule has 6 heteroatoms. The molecule has 1 aromatic carbocycles. The zero-order chi connectivity index (χ0) is 14.9. The number of nitrogens with zero attached hydrogens (tertiary/aromatic N) is 2. The van der Waals surface area contributed by atoms with Gasteiger partial charge in [-0.2, -0.15) is 18.3 Å². The molecule has 2 aromatic rings.